The van der Waals surface area contributed by atoms with Crippen molar-refractivity contribution >= 4 is 35.1 Å². The van der Waals surface area contributed by atoms with Crippen LogP contribution in [0.3, 0.4) is 0 Å². The molecule has 2 aromatic rings. The van der Waals surface area contributed by atoms with Crippen LogP contribution < -0.4 is 15.5 Å². The van der Waals surface area contributed by atoms with E-state index in [9.17, 15) is 19.2 Å². The first-order valence-corrected chi connectivity index (χ1v) is 12.9. The van der Waals surface area contributed by atoms with Crippen LogP contribution in [0.2, 0.25) is 0 Å². The fraction of sp³-hybridized carbons (Fsp3) is 0.429. The van der Waals surface area contributed by atoms with Gasteiger partial charge in [0.1, 0.15) is 12.1 Å². The van der Waals surface area contributed by atoms with Crippen LogP contribution in [0.25, 0.3) is 0 Å². The average Bonchev–Trinajstić information content (AvgIpc) is 3.45. The highest BCUT2D eigenvalue weighted by Gasteiger charge is 2.52. The first kappa shape index (κ1) is 27.1. The zero-order valence-electron chi connectivity index (χ0n) is 22.2. The zero-order chi connectivity index (χ0) is 27.4. The van der Waals surface area contributed by atoms with Gasteiger partial charge in [-0.2, -0.15) is 0 Å². The van der Waals surface area contributed by atoms with Crippen LogP contribution in [0, 0.1) is 5.92 Å². The lowest BCUT2D eigenvalue weighted by atomic mass is 10.0. The molecule has 2 aliphatic rings. The lowest BCUT2D eigenvalue weighted by molar-refractivity contribution is -0.138. The van der Waals surface area contributed by atoms with Crippen LogP contribution in [0.4, 0.5) is 16.2 Å². The van der Waals surface area contributed by atoms with E-state index in [1.54, 1.807) is 36.4 Å². The molecule has 2 aliphatic heterocycles. The monoisotopic (exact) mass is 521 g/mol. The fourth-order valence-corrected chi connectivity index (χ4v) is 4.99. The normalized spacial score (nSPS) is 19.7. The fourth-order valence-electron chi connectivity index (χ4n) is 4.99. The summed E-state index contributed by atoms with van der Waals surface area (Å²) in [4.78, 5) is 61.0. The van der Waals surface area contributed by atoms with Crippen molar-refractivity contribution in [2.75, 3.05) is 37.4 Å². The van der Waals surface area contributed by atoms with Crippen molar-refractivity contribution in [3.8, 4) is 0 Å². The molecule has 38 heavy (non-hydrogen) atoms. The Morgan fingerprint density at radius 3 is 2.37 bits per heavy atom. The molecule has 0 aliphatic carbocycles. The van der Waals surface area contributed by atoms with Gasteiger partial charge in [-0.3, -0.25) is 19.7 Å². The summed E-state index contributed by atoms with van der Waals surface area (Å²) >= 11 is 0. The molecular formula is C28H35N5O5. The SMILES string of the molecule is CC(C)CC(NC(=O)c1ccc(N(C)C)cc1)C(=O)N1CCC2C1C(=O)CN2OC(=O)Nc1ccccc1. The van der Waals surface area contributed by atoms with Crippen LogP contribution in [0.5, 0.6) is 0 Å². The number of nitrogens with zero attached hydrogens (tertiary/aromatic N) is 3. The number of rotatable bonds is 8. The lowest BCUT2D eigenvalue weighted by Gasteiger charge is -2.29. The van der Waals surface area contributed by atoms with Crippen molar-refractivity contribution in [1.29, 1.82) is 0 Å². The Morgan fingerprint density at radius 1 is 1.05 bits per heavy atom. The van der Waals surface area contributed by atoms with E-state index in [1.807, 2.05) is 51.0 Å². The molecule has 0 radical (unpaired) electrons. The molecule has 2 aromatic carbocycles. The summed E-state index contributed by atoms with van der Waals surface area (Å²) in [6.45, 7) is 4.20. The first-order chi connectivity index (χ1) is 18.1. The summed E-state index contributed by atoms with van der Waals surface area (Å²) in [5, 5.41) is 6.89. The van der Waals surface area contributed by atoms with Crippen LogP contribution in [0.1, 0.15) is 37.0 Å². The molecule has 10 heteroatoms. The molecule has 0 spiro atoms. The van der Waals surface area contributed by atoms with Gasteiger partial charge in [-0.1, -0.05) is 32.0 Å². The van der Waals surface area contributed by atoms with E-state index >= 15 is 0 Å². The molecule has 2 saturated heterocycles. The lowest BCUT2D eigenvalue weighted by Crippen LogP contribution is -2.52. The van der Waals surface area contributed by atoms with Crippen LogP contribution >= 0.6 is 0 Å². The highest BCUT2D eigenvalue weighted by Crippen LogP contribution is 2.31. The number of carbonyl (C=O) groups is 4. The molecule has 0 bridgehead atoms. The van der Waals surface area contributed by atoms with Crippen molar-refractivity contribution < 1.29 is 24.0 Å². The Kier molecular flexibility index (Phi) is 8.31. The third kappa shape index (κ3) is 6.13. The Bertz CT molecular complexity index is 1170. The molecule has 3 amide bonds. The van der Waals surface area contributed by atoms with Gasteiger partial charge in [0.2, 0.25) is 5.91 Å². The molecule has 10 nitrogen and oxygen atoms in total. The smallest absolute Gasteiger partial charge is 0.378 e. The van der Waals surface area contributed by atoms with Crippen molar-refractivity contribution in [1.82, 2.24) is 15.3 Å². The Hall–Kier alpha value is -3.92. The van der Waals surface area contributed by atoms with Gasteiger partial charge in [0.05, 0.1) is 12.6 Å². The molecule has 0 saturated carbocycles. The maximum atomic E-state index is 13.7. The number of ketones is 1. The maximum absolute atomic E-state index is 13.7. The quantitative estimate of drug-likeness (QED) is 0.550. The largest absolute Gasteiger partial charge is 0.430 e. The number of carbonyl (C=O) groups excluding carboxylic acids is 4. The molecule has 4 rings (SSSR count). The van der Waals surface area contributed by atoms with Crippen LogP contribution in [-0.2, 0) is 14.4 Å². The predicted octanol–water partition coefficient (Wildman–Crippen LogP) is 2.92. The van der Waals surface area contributed by atoms with Crippen molar-refractivity contribution in [3.63, 3.8) is 0 Å². The van der Waals surface area contributed by atoms with Crippen LogP contribution in [-0.4, -0.2) is 79.0 Å². The third-order valence-corrected chi connectivity index (χ3v) is 6.84. The molecule has 202 valence electrons. The second kappa shape index (κ2) is 11.6. The summed E-state index contributed by atoms with van der Waals surface area (Å²) in [6.07, 6.45) is 0.219. The zero-order valence-corrected chi connectivity index (χ0v) is 22.2. The Labute approximate surface area is 222 Å². The molecule has 2 N–H and O–H groups in total. The van der Waals surface area contributed by atoms with E-state index in [0.717, 1.165) is 5.69 Å². The number of likely N-dealkylation sites (tertiary alicyclic amines) is 1. The highest BCUT2D eigenvalue weighted by molar-refractivity contribution is 5.99. The molecule has 3 unspecified atom stereocenters. The number of Topliss-reactive ketones (excluding diaryl/α,β-unsaturated/α-hetero) is 1. The van der Waals surface area contributed by atoms with E-state index in [0.29, 0.717) is 30.6 Å². The highest BCUT2D eigenvalue weighted by atomic mass is 16.7. The number of amides is 3. The van der Waals surface area contributed by atoms with Crippen molar-refractivity contribution in [2.24, 2.45) is 5.92 Å². The van der Waals surface area contributed by atoms with E-state index in [4.69, 9.17) is 4.84 Å². The number of nitrogens with one attached hydrogen (secondary N) is 2. The molecule has 3 atom stereocenters. The second-order valence-corrected chi connectivity index (χ2v) is 10.3. The Balaban J connectivity index is 1.42. The Morgan fingerprint density at radius 2 is 1.74 bits per heavy atom. The van der Waals surface area contributed by atoms with Gasteiger partial charge in [0.15, 0.2) is 5.78 Å². The summed E-state index contributed by atoms with van der Waals surface area (Å²) in [5.41, 5.74) is 1.99. The van der Waals surface area contributed by atoms with E-state index in [2.05, 4.69) is 10.6 Å². The summed E-state index contributed by atoms with van der Waals surface area (Å²) < 4.78 is 0. The minimum atomic E-state index is -0.779. The average molecular weight is 522 g/mol. The minimum absolute atomic E-state index is 0.0965. The predicted molar refractivity (Wildman–Crippen MR) is 144 cm³/mol. The van der Waals surface area contributed by atoms with Gasteiger partial charge in [0.25, 0.3) is 5.91 Å². The van der Waals surface area contributed by atoms with Gasteiger partial charge in [-0.05, 0) is 55.2 Å². The van der Waals surface area contributed by atoms with E-state index < -0.39 is 24.2 Å². The van der Waals surface area contributed by atoms with Gasteiger partial charge in [-0.15, -0.1) is 5.06 Å². The van der Waals surface area contributed by atoms with Gasteiger partial charge in [-0.25, -0.2) is 4.79 Å². The number of hydroxylamine groups is 2. The molecule has 2 fully saturated rings. The van der Waals surface area contributed by atoms with Gasteiger partial charge in [0, 0.05) is 37.6 Å². The number of para-hydroxylation sites is 1. The van der Waals surface area contributed by atoms with Crippen molar-refractivity contribution in [2.45, 2.75) is 44.8 Å². The number of fused-ring (bicyclic) bond motifs is 1. The van der Waals surface area contributed by atoms with Gasteiger partial charge < -0.3 is 20.0 Å². The van der Waals surface area contributed by atoms with Gasteiger partial charge >= 0.3 is 6.09 Å². The van der Waals surface area contributed by atoms with E-state index in [-0.39, 0.29) is 30.1 Å². The molecule has 2 heterocycles. The summed E-state index contributed by atoms with van der Waals surface area (Å²) in [6, 6.07) is 14.1. The summed E-state index contributed by atoms with van der Waals surface area (Å²) in [7, 11) is 3.84. The topological polar surface area (TPSA) is 111 Å². The van der Waals surface area contributed by atoms with Crippen LogP contribution in [0.15, 0.2) is 54.6 Å². The summed E-state index contributed by atoms with van der Waals surface area (Å²) in [5.74, 6) is -0.694. The molecule has 0 aromatic heterocycles. The maximum Gasteiger partial charge on any atom is 0.430 e. The minimum Gasteiger partial charge on any atom is -0.378 e. The number of benzene rings is 2. The standard InChI is InChI=1S/C28H35N5O5/c1-18(2)16-22(30-26(35)19-10-12-21(13-11-19)31(3)4)27(36)32-15-14-23-25(32)24(34)17-33(23)38-28(37)29-20-8-6-5-7-9-20/h5-13,18,22-23,25H,14-17H2,1-4H3,(H,29,37)(H,30,35). The van der Waals surface area contributed by atoms with E-state index in [1.165, 1.54) is 9.96 Å². The first-order valence-electron chi connectivity index (χ1n) is 12.9. The third-order valence-electron chi connectivity index (χ3n) is 6.84. The molecular weight excluding hydrogens is 486 g/mol. The number of anilines is 2. The van der Waals surface area contributed by atoms with Crippen molar-refractivity contribution in [3.05, 3.63) is 60.2 Å². The number of hydrogen-bond acceptors (Lipinski definition) is 7. The second-order valence-electron chi connectivity index (χ2n) is 10.3. The number of hydrogen-bond donors (Lipinski definition) is 2.